The van der Waals surface area contributed by atoms with Crippen LogP contribution >= 0.6 is 0 Å². The second-order valence-corrected chi connectivity index (χ2v) is 7.22. The van der Waals surface area contributed by atoms with Crippen LogP contribution in [0.25, 0.3) is 0 Å². The zero-order chi connectivity index (χ0) is 20.8. The Bertz CT molecular complexity index is 755. The smallest absolute Gasteiger partial charge is 0.157 e. The SMILES string of the molecule is CC.CC(C)N1C(C2=C(COc3cccc(O)c3C=O)CN(C)C2)=CCN1C. The molecule has 0 radical (unpaired) electrons. The van der Waals surface area contributed by atoms with E-state index in [2.05, 4.69) is 48.9 Å². The third-order valence-corrected chi connectivity index (χ3v) is 4.84. The van der Waals surface area contributed by atoms with Crippen LogP contribution in [0.2, 0.25) is 0 Å². The van der Waals surface area contributed by atoms with Crippen molar-refractivity contribution < 1.29 is 14.6 Å². The van der Waals surface area contributed by atoms with Gasteiger partial charge in [-0.1, -0.05) is 19.9 Å². The Labute approximate surface area is 168 Å². The average molecular weight is 388 g/mol. The molecule has 0 atom stereocenters. The Balaban J connectivity index is 0.00000136. The van der Waals surface area contributed by atoms with Crippen LogP contribution in [0.1, 0.15) is 38.1 Å². The summed E-state index contributed by atoms with van der Waals surface area (Å²) in [4.78, 5) is 13.5. The number of benzene rings is 1. The fourth-order valence-corrected chi connectivity index (χ4v) is 3.71. The normalized spacial score (nSPS) is 17.7. The van der Waals surface area contributed by atoms with Gasteiger partial charge in [0, 0.05) is 32.7 Å². The van der Waals surface area contributed by atoms with Crippen molar-refractivity contribution in [3.63, 3.8) is 0 Å². The number of hydrazine groups is 1. The van der Waals surface area contributed by atoms with Gasteiger partial charge in [0.1, 0.15) is 18.1 Å². The Hall–Kier alpha value is -2.31. The van der Waals surface area contributed by atoms with Crippen molar-refractivity contribution in [2.24, 2.45) is 0 Å². The molecule has 0 fully saturated rings. The van der Waals surface area contributed by atoms with E-state index in [4.69, 9.17) is 4.74 Å². The van der Waals surface area contributed by atoms with E-state index in [1.807, 2.05) is 13.8 Å². The highest BCUT2D eigenvalue weighted by molar-refractivity contribution is 5.83. The van der Waals surface area contributed by atoms with Crippen molar-refractivity contribution in [2.45, 2.75) is 33.7 Å². The highest BCUT2D eigenvalue weighted by Gasteiger charge is 2.31. The second kappa shape index (κ2) is 9.75. The topological polar surface area (TPSA) is 56.3 Å². The van der Waals surface area contributed by atoms with E-state index in [1.54, 1.807) is 12.1 Å². The molecule has 0 saturated carbocycles. The molecule has 1 aromatic rings. The molecule has 0 amide bonds. The molecule has 0 saturated heterocycles. The summed E-state index contributed by atoms with van der Waals surface area (Å²) in [6.45, 7) is 11.4. The van der Waals surface area contributed by atoms with Crippen molar-refractivity contribution in [3.05, 3.63) is 46.7 Å². The van der Waals surface area contributed by atoms with Gasteiger partial charge in [0.2, 0.25) is 0 Å². The number of likely N-dealkylation sites (N-methyl/N-ethyl adjacent to an activating group) is 2. The third-order valence-electron chi connectivity index (χ3n) is 4.84. The molecule has 0 unspecified atom stereocenters. The summed E-state index contributed by atoms with van der Waals surface area (Å²) in [7, 11) is 4.19. The first-order valence-electron chi connectivity index (χ1n) is 9.92. The van der Waals surface area contributed by atoms with Crippen LogP contribution in [0.5, 0.6) is 11.5 Å². The van der Waals surface area contributed by atoms with Crippen LogP contribution in [0, 0.1) is 0 Å². The molecule has 0 aliphatic carbocycles. The van der Waals surface area contributed by atoms with Gasteiger partial charge in [0.15, 0.2) is 6.29 Å². The quantitative estimate of drug-likeness (QED) is 0.756. The lowest BCUT2D eigenvalue weighted by atomic mass is 10.1. The molecular formula is C22H33N3O3. The van der Waals surface area contributed by atoms with Gasteiger partial charge in [-0.15, -0.1) is 0 Å². The highest BCUT2D eigenvalue weighted by Crippen LogP contribution is 2.32. The lowest BCUT2D eigenvalue weighted by molar-refractivity contribution is 0.0407. The minimum absolute atomic E-state index is 0.0543. The van der Waals surface area contributed by atoms with Crippen LogP contribution in [-0.2, 0) is 0 Å². The Morgan fingerprint density at radius 3 is 2.57 bits per heavy atom. The number of carbonyl (C=O) groups excluding carboxylic acids is 1. The number of phenolic OH excluding ortho intramolecular Hbond substituents is 1. The standard InChI is InChI=1S/C20H27N3O3.C2H6/c1-14(2)23-18(8-9-22(23)4)16-11-21(3)10-15(16)13-26-20-7-5-6-19(25)17(20)12-24;1-2/h5-8,12,14,25H,9-11,13H2,1-4H3;1-2H3. The second-order valence-electron chi connectivity index (χ2n) is 7.22. The van der Waals surface area contributed by atoms with E-state index in [0.717, 1.165) is 19.6 Å². The van der Waals surface area contributed by atoms with E-state index >= 15 is 0 Å². The summed E-state index contributed by atoms with van der Waals surface area (Å²) in [5, 5.41) is 14.4. The van der Waals surface area contributed by atoms with Crippen molar-refractivity contribution in [1.82, 2.24) is 14.9 Å². The maximum Gasteiger partial charge on any atom is 0.157 e. The van der Waals surface area contributed by atoms with Gasteiger partial charge in [0.25, 0.3) is 0 Å². The summed E-state index contributed by atoms with van der Waals surface area (Å²) in [6, 6.07) is 5.26. The average Bonchev–Trinajstić information content (AvgIpc) is 3.23. The summed E-state index contributed by atoms with van der Waals surface area (Å²) in [5.41, 5.74) is 3.94. The Morgan fingerprint density at radius 1 is 1.21 bits per heavy atom. The molecule has 2 aliphatic heterocycles. The third kappa shape index (κ3) is 4.56. The number of ether oxygens (including phenoxy) is 1. The number of aldehydes is 1. The van der Waals surface area contributed by atoms with Crippen LogP contribution in [-0.4, -0.2) is 72.7 Å². The van der Waals surface area contributed by atoms with Crippen molar-refractivity contribution in [2.75, 3.05) is 40.3 Å². The molecule has 3 rings (SSSR count). The minimum atomic E-state index is -0.0543. The highest BCUT2D eigenvalue weighted by atomic mass is 16.5. The van der Waals surface area contributed by atoms with E-state index in [1.165, 1.54) is 22.9 Å². The first-order chi connectivity index (χ1) is 13.4. The van der Waals surface area contributed by atoms with Crippen molar-refractivity contribution >= 4 is 6.29 Å². The molecule has 6 heteroatoms. The van der Waals surface area contributed by atoms with Crippen LogP contribution in [0.15, 0.2) is 41.1 Å². The fraction of sp³-hybridized carbons (Fsp3) is 0.500. The van der Waals surface area contributed by atoms with Crippen LogP contribution in [0.3, 0.4) is 0 Å². The fourth-order valence-electron chi connectivity index (χ4n) is 3.71. The zero-order valence-electron chi connectivity index (χ0n) is 17.9. The van der Waals surface area contributed by atoms with Crippen molar-refractivity contribution in [3.8, 4) is 11.5 Å². The molecule has 28 heavy (non-hydrogen) atoms. The number of hydrogen-bond donors (Lipinski definition) is 1. The molecule has 2 aliphatic rings. The van der Waals surface area contributed by atoms with E-state index in [0.29, 0.717) is 24.7 Å². The van der Waals surface area contributed by atoms with Crippen LogP contribution in [0.4, 0.5) is 0 Å². The van der Waals surface area contributed by atoms with Gasteiger partial charge in [-0.05, 0) is 50.3 Å². The molecule has 0 bridgehead atoms. The first kappa shape index (κ1) is 22.0. The van der Waals surface area contributed by atoms with Gasteiger partial charge in [-0.3, -0.25) is 9.69 Å². The largest absolute Gasteiger partial charge is 0.507 e. The zero-order valence-corrected chi connectivity index (χ0v) is 17.9. The Morgan fingerprint density at radius 2 is 1.93 bits per heavy atom. The molecule has 6 nitrogen and oxygen atoms in total. The predicted octanol–water partition coefficient (Wildman–Crippen LogP) is 3.31. The first-order valence-corrected chi connectivity index (χ1v) is 9.92. The van der Waals surface area contributed by atoms with Crippen LogP contribution < -0.4 is 4.74 Å². The number of phenols is 1. The molecule has 0 spiro atoms. The molecule has 154 valence electrons. The van der Waals surface area contributed by atoms with E-state index < -0.39 is 0 Å². The lowest BCUT2D eigenvalue weighted by Gasteiger charge is -2.34. The molecule has 1 N–H and O–H groups in total. The lowest BCUT2D eigenvalue weighted by Crippen LogP contribution is -2.40. The van der Waals surface area contributed by atoms with E-state index in [-0.39, 0.29) is 11.3 Å². The van der Waals surface area contributed by atoms with Crippen molar-refractivity contribution in [1.29, 1.82) is 0 Å². The summed E-state index contributed by atoms with van der Waals surface area (Å²) in [5.74, 6) is 0.362. The van der Waals surface area contributed by atoms with Gasteiger partial charge in [-0.2, -0.15) is 0 Å². The predicted molar refractivity (Wildman–Crippen MR) is 113 cm³/mol. The molecule has 0 aromatic heterocycles. The maximum absolute atomic E-state index is 11.2. The number of rotatable bonds is 6. The number of nitrogens with zero attached hydrogens (tertiary/aromatic N) is 3. The molecular weight excluding hydrogens is 354 g/mol. The summed E-state index contributed by atoms with van der Waals surface area (Å²) < 4.78 is 5.92. The maximum atomic E-state index is 11.2. The molecule has 2 heterocycles. The summed E-state index contributed by atoms with van der Waals surface area (Å²) >= 11 is 0. The van der Waals surface area contributed by atoms with Gasteiger partial charge < -0.3 is 14.9 Å². The molecule has 1 aromatic carbocycles. The summed E-state index contributed by atoms with van der Waals surface area (Å²) in [6.07, 6.45) is 2.90. The van der Waals surface area contributed by atoms with Gasteiger partial charge >= 0.3 is 0 Å². The monoisotopic (exact) mass is 387 g/mol. The number of carbonyl (C=O) groups is 1. The van der Waals surface area contributed by atoms with Gasteiger partial charge in [0.05, 0.1) is 11.3 Å². The van der Waals surface area contributed by atoms with Gasteiger partial charge in [-0.25, -0.2) is 5.01 Å². The Kier molecular flexibility index (Phi) is 7.66. The van der Waals surface area contributed by atoms with E-state index in [9.17, 15) is 9.90 Å². The number of hydrogen-bond acceptors (Lipinski definition) is 6. The minimum Gasteiger partial charge on any atom is -0.507 e. The number of aromatic hydroxyl groups is 1.